The van der Waals surface area contributed by atoms with Gasteiger partial charge in [-0.25, -0.2) is 9.59 Å². The Balaban J connectivity index is 1.19. The monoisotopic (exact) mass is 448 g/mol. The molecule has 1 aliphatic carbocycles. The first-order valence-electron chi connectivity index (χ1n) is 11.6. The molecule has 7 nitrogen and oxygen atoms in total. The number of carboxylic acid groups (broad SMARTS) is 1. The fourth-order valence-corrected chi connectivity index (χ4v) is 5.94. The van der Waals surface area contributed by atoms with E-state index in [1.54, 1.807) is 11.8 Å². The molecular formula is C26H28N2O5. The summed E-state index contributed by atoms with van der Waals surface area (Å²) in [5, 5.41) is 12.5. The highest BCUT2D eigenvalue weighted by Gasteiger charge is 2.58. The van der Waals surface area contributed by atoms with Gasteiger partial charge in [0.1, 0.15) is 12.1 Å². The van der Waals surface area contributed by atoms with E-state index in [0.29, 0.717) is 12.8 Å². The second-order valence-electron chi connectivity index (χ2n) is 9.41. The predicted molar refractivity (Wildman–Crippen MR) is 122 cm³/mol. The summed E-state index contributed by atoms with van der Waals surface area (Å²) < 4.78 is 5.56. The van der Waals surface area contributed by atoms with Gasteiger partial charge in [-0.05, 0) is 54.9 Å². The predicted octanol–water partition coefficient (Wildman–Crippen LogP) is 3.91. The summed E-state index contributed by atoms with van der Waals surface area (Å²) >= 11 is 0. The summed E-state index contributed by atoms with van der Waals surface area (Å²) in [5.74, 6) is -1.17. The van der Waals surface area contributed by atoms with Crippen LogP contribution in [0.25, 0.3) is 11.1 Å². The summed E-state index contributed by atoms with van der Waals surface area (Å²) in [6.45, 7) is 1.95. The van der Waals surface area contributed by atoms with Gasteiger partial charge in [-0.3, -0.25) is 4.79 Å². The van der Waals surface area contributed by atoms with Crippen LogP contribution < -0.4 is 5.32 Å². The number of carboxylic acids is 1. The van der Waals surface area contributed by atoms with E-state index in [-0.39, 0.29) is 30.9 Å². The molecule has 5 rings (SSSR count). The number of nitrogens with zero attached hydrogens (tertiary/aromatic N) is 1. The molecule has 2 aromatic rings. The molecule has 2 aliphatic heterocycles. The highest BCUT2D eigenvalue weighted by atomic mass is 16.5. The van der Waals surface area contributed by atoms with E-state index in [1.165, 1.54) is 0 Å². The number of nitrogens with one attached hydrogen (secondary N) is 1. The molecule has 0 radical (unpaired) electrons. The zero-order valence-corrected chi connectivity index (χ0v) is 18.6. The second-order valence-corrected chi connectivity index (χ2v) is 9.41. The second kappa shape index (κ2) is 8.21. The van der Waals surface area contributed by atoms with Crippen molar-refractivity contribution in [2.24, 2.45) is 0 Å². The van der Waals surface area contributed by atoms with Crippen molar-refractivity contribution < 1.29 is 24.2 Å². The van der Waals surface area contributed by atoms with Crippen LogP contribution in [0.2, 0.25) is 0 Å². The van der Waals surface area contributed by atoms with Gasteiger partial charge in [0.25, 0.3) is 0 Å². The lowest BCUT2D eigenvalue weighted by molar-refractivity contribution is -0.155. The van der Waals surface area contributed by atoms with Crippen molar-refractivity contribution in [2.75, 3.05) is 6.61 Å². The zero-order valence-electron chi connectivity index (χ0n) is 18.6. The molecule has 0 saturated carbocycles. The van der Waals surface area contributed by atoms with Gasteiger partial charge < -0.3 is 20.1 Å². The Morgan fingerprint density at radius 3 is 2.21 bits per heavy atom. The fourth-order valence-electron chi connectivity index (χ4n) is 5.94. The number of aliphatic carboxylic acids is 1. The molecule has 2 fully saturated rings. The van der Waals surface area contributed by atoms with Gasteiger partial charge in [-0.1, -0.05) is 48.5 Å². The summed E-state index contributed by atoms with van der Waals surface area (Å²) in [6.07, 6.45) is 1.95. The third-order valence-electron chi connectivity index (χ3n) is 7.46. The van der Waals surface area contributed by atoms with Crippen LogP contribution in [0.1, 0.15) is 56.1 Å². The summed E-state index contributed by atoms with van der Waals surface area (Å²) in [6, 6.07) is 15.8. The number of fused-ring (bicyclic) bond motifs is 5. The maximum absolute atomic E-state index is 12.9. The number of hydrogen-bond acceptors (Lipinski definition) is 4. The number of rotatable bonds is 6. The topological polar surface area (TPSA) is 95.9 Å². The van der Waals surface area contributed by atoms with Crippen LogP contribution in [0.5, 0.6) is 0 Å². The van der Waals surface area contributed by atoms with E-state index in [4.69, 9.17) is 4.74 Å². The van der Waals surface area contributed by atoms with Crippen molar-refractivity contribution in [3.8, 4) is 11.1 Å². The molecular weight excluding hydrogens is 420 g/mol. The van der Waals surface area contributed by atoms with Crippen LogP contribution in [0.4, 0.5) is 4.79 Å². The van der Waals surface area contributed by atoms with E-state index < -0.39 is 23.6 Å². The molecule has 2 heterocycles. The van der Waals surface area contributed by atoms with Crippen molar-refractivity contribution in [3.05, 3.63) is 59.7 Å². The average Bonchev–Trinajstić information content (AvgIpc) is 3.46. The van der Waals surface area contributed by atoms with Gasteiger partial charge in [0, 0.05) is 24.4 Å². The van der Waals surface area contributed by atoms with Crippen LogP contribution in [-0.4, -0.2) is 52.2 Å². The number of carbonyl (C=O) groups excluding carboxylic acids is 2. The Bertz CT molecular complexity index is 1060. The number of alkyl carbamates (subject to hydrolysis) is 1. The van der Waals surface area contributed by atoms with Crippen molar-refractivity contribution in [1.82, 2.24) is 10.2 Å². The lowest BCUT2D eigenvalue weighted by atomic mass is 9.88. The highest BCUT2D eigenvalue weighted by molar-refractivity contribution is 5.89. The lowest BCUT2D eigenvalue weighted by Gasteiger charge is -2.31. The van der Waals surface area contributed by atoms with Crippen molar-refractivity contribution in [2.45, 2.75) is 62.6 Å². The SMILES string of the molecule is CC(CC(=O)N1C2CCC1(C(=O)O)CC2)NC(=O)OCC1c2ccccc2-c2ccccc21. The minimum Gasteiger partial charge on any atom is -0.479 e. The summed E-state index contributed by atoms with van der Waals surface area (Å²) in [7, 11) is 0. The molecule has 0 spiro atoms. The fraction of sp³-hybridized carbons (Fsp3) is 0.423. The van der Waals surface area contributed by atoms with Crippen molar-refractivity contribution in [3.63, 3.8) is 0 Å². The zero-order chi connectivity index (χ0) is 23.2. The first kappa shape index (κ1) is 21.5. The third-order valence-corrected chi connectivity index (χ3v) is 7.46. The van der Waals surface area contributed by atoms with Crippen LogP contribution >= 0.6 is 0 Å². The van der Waals surface area contributed by atoms with Gasteiger partial charge in [0.15, 0.2) is 0 Å². The molecule has 2 saturated heterocycles. The molecule has 2 N–H and O–H groups in total. The van der Waals surface area contributed by atoms with E-state index in [2.05, 4.69) is 29.6 Å². The minimum absolute atomic E-state index is 0.00439. The molecule has 33 heavy (non-hydrogen) atoms. The Kier molecular flexibility index (Phi) is 5.35. The summed E-state index contributed by atoms with van der Waals surface area (Å²) in [5.41, 5.74) is 3.53. The Labute approximate surface area is 192 Å². The van der Waals surface area contributed by atoms with Gasteiger partial charge in [0.05, 0.1) is 0 Å². The quantitative estimate of drug-likeness (QED) is 0.699. The third kappa shape index (κ3) is 3.56. The van der Waals surface area contributed by atoms with Crippen LogP contribution in [0, 0.1) is 0 Å². The number of amides is 2. The van der Waals surface area contributed by atoms with E-state index in [0.717, 1.165) is 35.1 Å². The molecule has 1 unspecified atom stereocenters. The molecule has 2 amide bonds. The van der Waals surface area contributed by atoms with E-state index in [9.17, 15) is 19.5 Å². The molecule has 0 aromatic heterocycles. The van der Waals surface area contributed by atoms with Crippen molar-refractivity contribution in [1.29, 1.82) is 0 Å². The molecule has 2 aromatic carbocycles. The number of ether oxygens (including phenoxy) is 1. The Hall–Kier alpha value is -3.35. The number of benzene rings is 2. The molecule has 172 valence electrons. The normalized spacial score (nSPS) is 23.7. The van der Waals surface area contributed by atoms with Gasteiger partial charge in [0.2, 0.25) is 5.91 Å². The van der Waals surface area contributed by atoms with Gasteiger partial charge in [-0.2, -0.15) is 0 Å². The standard InChI is InChI=1S/C26H28N2O5/c1-16(14-23(29)28-17-10-12-26(28,13-11-17)24(30)31)27-25(32)33-15-22-20-8-4-2-6-18(20)19-7-3-5-9-21(19)22/h2-9,16-17,22H,10-15H2,1H3,(H,27,32)(H,30,31). The smallest absolute Gasteiger partial charge is 0.407 e. The molecule has 2 bridgehead atoms. The van der Waals surface area contributed by atoms with Crippen LogP contribution in [-0.2, 0) is 14.3 Å². The van der Waals surface area contributed by atoms with Gasteiger partial charge in [-0.15, -0.1) is 0 Å². The molecule has 7 heteroatoms. The van der Waals surface area contributed by atoms with E-state index >= 15 is 0 Å². The average molecular weight is 449 g/mol. The number of hydrogen-bond donors (Lipinski definition) is 2. The minimum atomic E-state index is -1.06. The van der Waals surface area contributed by atoms with Crippen LogP contribution in [0.15, 0.2) is 48.5 Å². The van der Waals surface area contributed by atoms with Gasteiger partial charge >= 0.3 is 12.1 Å². The lowest BCUT2D eigenvalue weighted by Crippen LogP contribution is -2.52. The summed E-state index contributed by atoms with van der Waals surface area (Å²) in [4.78, 5) is 38.8. The molecule has 3 aliphatic rings. The Morgan fingerprint density at radius 2 is 1.64 bits per heavy atom. The first-order valence-corrected chi connectivity index (χ1v) is 11.6. The number of carbonyl (C=O) groups is 3. The largest absolute Gasteiger partial charge is 0.479 e. The molecule has 1 atom stereocenters. The van der Waals surface area contributed by atoms with Crippen LogP contribution in [0.3, 0.4) is 0 Å². The maximum atomic E-state index is 12.9. The maximum Gasteiger partial charge on any atom is 0.407 e. The van der Waals surface area contributed by atoms with Crippen molar-refractivity contribution >= 4 is 18.0 Å². The Morgan fingerprint density at radius 1 is 1.06 bits per heavy atom. The first-order chi connectivity index (χ1) is 15.9. The highest BCUT2D eigenvalue weighted by Crippen LogP contribution is 2.47. The van der Waals surface area contributed by atoms with E-state index in [1.807, 2.05) is 24.3 Å².